The summed E-state index contributed by atoms with van der Waals surface area (Å²) in [6.45, 7) is 3.25. The lowest BCUT2D eigenvalue weighted by Gasteiger charge is -2.31. The van der Waals surface area contributed by atoms with Crippen LogP contribution < -0.4 is 14.5 Å². The molecule has 1 atom stereocenters. The molecular formula is C24H20F3N3O4S. The van der Waals surface area contributed by atoms with Crippen LogP contribution in [0.25, 0.3) is 0 Å². The van der Waals surface area contributed by atoms with Gasteiger partial charge in [0.1, 0.15) is 11.3 Å². The lowest BCUT2D eigenvalue weighted by atomic mass is 9.99. The third kappa shape index (κ3) is 4.08. The molecule has 35 heavy (non-hydrogen) atoms. The van der Waals surface area contributed by atoms with Crippen molar-refractivity contribution < 1.29 is 32.2 Å². The van der Waals surface area contributed by atoms with Crippen LogP contribution in [0.4, 0.5) is 24.5 Å². The number of hydrogen-bond acceptors (Lipinski definition) is 6. The molecule has 11 heteroatoms. The Balaban J connectivity index is 1.71. The smallest absolute Gasteiger partial charge is 0.417 e. The fourth-order valence-corrected chi connectivity index (χ4v) is 4.79. The maximum atomic E-state index is 13.5. The SMILES string of the molecule is COC(=O)[C@@H]1CCc2cc(N3C(=S)N(c4ccc(C#N)c(C(F)(F)F)c4)C(=O)C3(C)C)ccc2O1. The van der Waals surface area contributed by atoms with Gasteiger partial charge in [0.05, 0.1) is 30.0 Å². The second-order valence-corrected chi connectivity index (χ2v) is 8.98. The number of nitrogens with zero attached hydrogens (tertiary/aromatic N) is 3. The third-order valence-electron chi connectivity index (χ3n) is 6.07. The predicted molar refractivity (Wildman–Crippen MR) is 124 cm³/mol. The van der Waals surface area contributed by atoms with Crippen LogP contribution in [0.1, 0.15) is 37.0 Å². The average molecular weight is 504 g/mol. The Labute approximate surface area is 204 Å². The number of halogens is 3. The van der Waals surface area contributed by atoms with Gasteiger partial charge in [0.15, 0.2) is 11.2 Å². The molecule has 1 fully saturated rings. The summed E-state index contributed by atoms with van der Waals surface area (Å²) in [5.41, 5.74) is -1.62. The number of hydrogen-bond donors (Lipinski definition) is 0. The zero-order chi connectivity index (χ0) is 25.7. The van der Waals surface area contributed by atoms with Gasteiger partial charge < -0.3 is 14.4 Å². The molecule has 0 N–H and O–H groups in total. The molecule has 2 aromatic rings. The largest absolute Gasteiger partial charge is 0.478 e. The Morgan fingerprint density at radius 2 is 1.91 bits per heavy atom. The highest BCUT2D eigenvalue weighted by atomic mass is 32.1. The summed E-state index contributed by atoms with van der Waals surface area (Å²) in [5.74, 6) is -0.480. The first-order valence-corrected chi connectivity index (χ1v) is 11.0. The van der Waals surface area contributed by atoms with Gasteiger partial charge in [-0.05, 0) is 80.9 Å². The van der Waals surface area contributed by atoms with Gasteiger partial charge in [0, 0.05) is 5.69 Å². The molecule has 2 aromatic carbocycles. The number of ether oxygens (including phenoxy) is 2. The Morgan fingerprint density at radius 1 is 1.23 bits per heavy atom. The van der Waals surface area contributed by atoms with Crippen molar-refractivity contribution in [3.8, 4) is 11.8 Å². The summed E-state index contributed by atoms with van der Waals surface area (Å²) < 4.78 is 51.0. The number of rotatable bonds is 3. The van der Waals surface area contributed by atoms with E-state index in [-0.39, 0.29) is 10.8 Å². The number of nitriles is 1. The highest BCUT2D eigenvalue weighted by Crippen LogP contribution is 2.41. The van der Waals surface area contributed by atoms with Gasteiger partial charge in [-0.15, -0.1) is 0 Å². The molecule has 0 bridgehead atoms. The molecule has 0 aliphatic carbocycles. The molecular weight excluding hydrogens is 483 g/mol. The van der Waals surface area contributed by atoms with E-state index in [2.05, 4.69) is 0 Å². The molecule has 182 valence electrons. The maximum absolute atomic E-state index is 13.5. The standard InChI is InChI=1S/C24H20F3N3O4S/c1-23(2)21(32)29(15-6-4-14(12-28)17(11-15)24(25,26)27)22(35)30(23)16-7-9-18-13(10-16)5-8-19(34-18)20(31)33-3/h4,6-7,9-11,19H,5,8H2,1-3H3/t19-/m0/s1. The Kier molecular flexibility index (Phi) is 5.97. The van der Waals surface area contributed by atoms with Gasteiger partial charge >= 0.3 is 12.1 Å². The monoisotopic (exact) mass is 503 g/mol. The molecule has 2 heterocycles. The van der Waals surface area contributed by atoms with E-state index in [1.165, 1.54) is 19.2 Å². The zero-order valence-electron chi connectivity index (χ0n) is 19.0. The van der Waals surface area contributed by atoms with E-state index < -0.39 is 40.8 Å². The van der Waals surface area contributed by atoms with Gasteiger partial charge in [-0.3, -0.25) is 9.69 Å². The lowest BCUT2D eigenvalue weighted by Crippen LogP contribution is -2.44. The minimum Gasteiger partial charge on any atom is -0.478 e. The van der Waals surface area contributed by atoms with Crippen LogP contribution in [0.15, 0.2) is 36.4 Å². The van der Waals surface area contributed by atoms with E-state index in [1.54, 1.807) is 36.9 Å². The molecule has 7 nitrogen and oxygen atoms in total. The van der Waals surface area contributed by atoms with Gasteiger partial charge in [0.25, 0.3) is 5.91 Å². The van der Waals surface area contributed by atoms with Gasteiger partial charge in [-0.25, -0.2) is 4.79 Å². The molecule has 0 spiro atoms. The van der Waals surface area contributed by atoms with Crippen LogP contribution in [0, 0.1) is 11.3 Å². The first-order valence-electron chi connectivity index (χ1n) is 10.6. The van der Waals surface area contributed by atoms with Crippen molar-refractivity contribution in [1.82, 2.24) is 0 Å². The number of amides is 1. The second-order valence-electron chi connectivity index (χ2n) is 8.62. The van der Waals surface area contributed by atoms with E-state index in [4.69, 9.17) is 27.0 Å². The molecule has 1 saturated heterocycles. The van der Waals surface area contributed by atoms with E-state index in [0.29, 0.717) is 24.3 Å². The molecule has 0 unspecified atom stereocenters. The van der Waals surface area contributed by atoms with E-state index in [1.807, 2.05) is 0 Å². The molecule has 0 saturated carbocycles. The predicted octanol–water partition coefficient (Wildman–Crippen LogP) is 4.36. The summed E-state index contributed by atoms with van der Waals surface area (Å²) in [7, 11) is 1.29. The Hall–Kier alpha value is -3.65. The number of aryl methyl sites for hydroxylation is 1. The van der Waals surface area contributed by atoms with Crippen molar-refractivity contribution in [2.45, 2.75) is 44.5 Å². The zero-order valence-corrected chi connectivity index (χ0v) is 19.8. The third-order valence-corrected chi connectivity index (χ3v) is 6.43. The summed E-state index contributed by atoms with van der Waals surface area (Å²) in [5, 5.41) is 9.07. The number of carbonyl (C=O) groups excluding carboxylic acids is 2. The van der Waals surface area contributed by atoms with Crippen molar-refractivity contribution in [3.63, 3.8) is 0 Å². The van der Waals surface area contributed by atoms with Crippen LogP contribution in [0.5, 0.6) is 5.75 Å². The Bertz CT molecular complexity index is 1290. The molecule has 2 aliphatic rings. The Morgan fingerprint density at radius 3 is 2.54 bits per heavy atom. The summed E-state index contributed by atoms with van der Waals surface area (Å²) in [6.07, 6.45) is -4.56. The van der Waals surface area contributed by atoms with Gasteiger partial charge in [0.2, 0.25) is 0 Å². The quantitative estimate of drug-likeness (QED) is 0.455. The highest BCUT2D eigenvalue weighted by molar-refractivity contribution is 7.81. The number of alkyl halides is 3. The van der Waals surface area contributed by atoms with Crippen LogP contribution in [-0.4, -0.2) is 35.7 Å². The lowest BCUT2D eigenvalue weighted by molar-refractivity contribution is -0.149. The normalized spacial score (nSPS) is 19.2. The minimum atomic E-state index is -4.78. The molecule has 2 aliphatic heterocycles. The molecule has 0 radical (unpaired) electrons. The van der Waals surface area contributed by atoms with E-state index in [9.17, 15) is 22.8 Å². The van der Waals surface area contributed by atoms with Crippen molar-refractivity contribution in [3.05, 3.63) is 53.1 Å². The van der Waals surface area contributed by atoms with Crippen LogP contribution in [0.3, 0.4) is 0 Å². The fraction of sp³-hybridized carbons (Fsp3) is 0.333. The van der Waals surface area contributed by atoms with Gasteiger partial charge in [-0.1, -0.05) is 0 Å². The maximum Gasteiger partial charge on any atom is 0.417 e. The highest BCUT2D eigenvalue weighted by Gasteiger charge is 2.51. The van der Waals surface area contributed by atoms with Crippen molar-refractivity contribution in [1.29, 1.82) is 5.26 Å². The number of thiocarbonyl (C=S) groups is 1. The van der Waals surface area contributed by atoms with Crippen molar-refractivity contribution in [2.75, 3.05) is 16.9 Å². The van der Waals surface area contributed by atoms with E-state index >= 15 is 0 Å². The summed E-state index contributed by atoms with van der Waals surface area (Å²) in [6, 6.07) is 9.70. The number of anilines is 2. The number of fused-ring (bicyclic) bond motifs is 1. The molecule has 0 aromatic heterocycles. The topological polar surface area (TPSA) is 82.9 Å². The summed E-state index contributed by atoms with van der Waals surface area (Å²) in [4.78, 5) is 27.8. The summed E-state index contributed by atoms with van der Waals surface area (Å²) >= 11 is 5.57. The number of carbonyl (C=O) groups is 2. The van der Waals surface area contributed by atoms with Crippen molar-refractivity contribution in [2.24, 2.45) is 0 Å². The van der Waals surface area contributed by atoms with Gasteiger partial charge in [-0.2, -0.15) is 18.4 Å². The van der Waals surface area contributed by atoms with Crippen LogP contribution >= 0.6 is 12.2 Å². The number of esters is 1. The van der Waals surface area contributed by atoms with Crippen LogP contribution in [-0.2, 0) is 26.9 Å². The first kappa shape index (κ1) is 24.5. The van der Waals surface area contributed by atoms with E-state index in [0.717, 1.165) is 22.6 Å². The van der Waals surface area contributed by atoms with Crippen LogP contribution in [0.2, 0.25) is 0 Å². The average Bonchev–Trinajstić information content (AvgIpc) is 3.00. The number of methoxy groups -OCH3 is 1. The molecule has 1 amide bonds. The fourth-order valence-electron chi connectivity index (χ4n) is 4.27. The second kappa shape index (κ2) is 8.53. The first-order chi connectivity index (χ1) is 16.4. The minimum absolute atomic E-state index is 0.00180. The molecule has 4 rings (SSSR count). The van der Waals surface area contributed by atoms with Crippen molar-refractivity contribution >= 4 is 40.6 Å². The number of benzene rings is 2.